The summed E-state index contributed by atoms with van der Waals surface area (Å²) in [6.45, 7) is 5.12. The van der Waals surface area contributed by atoms with Gasteiger partial charge < -0.3 is 9.64 Å². The van der Waals surface area contributed by atoms with Crippen molar-refractivity contribution in [3.63, 3.8) is 0 Å². The number of carbonyl (C=O) groups is 1. The van der Waals surface area contributed by atoms with Gasteiger partial charge in [0.25, 0.3) is 5.91 Å². The molecule has 0 aliphatic carbocycles. The fourth-order valence-electron chi connectivity index (χ4n) is 1.25. The summed E-state index contributed by atoms with van der Waals surface area (Å²) < 4.78 is 5.38. The molecule has 1 saturated heterocycles. The highest BCUT2D eigenvalue weighted by atomic mass is 16.5. The molecule has 0 aromatic carbocycles. The van der Waals surface area contributed by atoms with E-state index in [2.05, 4.69) is 0 Å². The minimum absolute atomic E-state index is 0.0787. The normalized spacial score (nSPS) is 25.0. The minimum Gasteiger partial charge on any atom is -0.366 e. The first-order valence-electron chi connectivity index (χ1n) is 3.93. The van der Waals surface area contributed by atoms with E-state index in [4.69, 9.17) is 4.74 Å². The summed E-state index contributed by atoms with van der Waals surface area (Å²) in [5, 5.41) is 0. The fourth-order valence-corrected chi connectivity index (χ4v) is 1.25. The molecule has 0 saturated carbocycles. The van der Waals surface area contributed by atoms with Gasteiger partial charge in [-0.3, -0.25) is 4.79 Å². The molecule has 1 aliphatic heterocycles. The second-order valence-electron chi connectivity index (χ2n) is 3.44. The molecule has 1 rings (SSSR count). The van der Waals surface area contributed by atoms with Crippen LogP contribution in [0.15, 0.2) is 0 Å². The van der Waals surface area contributed by atoms with Gasteiger partial charge in [0, 0.05) is 20.2 Å². The first-order valence-corrected chi connectivity index (χ1v) is 3.93. The highest BCUT2D eigenvalue weighted by Crippen LogP contribution is 2.16. The van der Waals surface area contributed by atoms with Gasteiger partial charge in [0.15, 0.2) is 0 Å². The molecule has 11 heavy (non-hydrogen) atoms. The Balaban J connectivity index is 2.73. The molecule has 0 unspecified atom stereocenters. The third kappa shape index (κ3) is 1.71. The number of hydrogen-bond acceptors (Lipinski definition) is 2. The van der Waals surface area contributed by atoms with Gasteiger partial charge in [-0.2, -0.15) is 0 Å². The zero-order valence-electron chi connectivity index (χ0n) is 7.39. The van der Waals surface area contributed by atoms with Crippen LogP contribution in [-0.4, -0.2) is 36.6 Å². The zero-order chi connectivity index (χ0) is 8.48. The summed E-state index contributed by atoms with van der Waals surface area (Å²) in [6, 6.07) is 0. The van der Waals surface area contributed by atoms with Crippen molar-refractivity contribution in [2.24, 2.45) is 0 Å². The van der Waals surface area contributed by atoms with E-state index < -0.39 is 5.60 Å². The van der Waals surface area contributed by atoms with Crippen LogP contribution in [-0.2, 0) is 9.53 Å². The summed E-state index contributed by atoms with van der Waals surface area (Å²) in [4.78, 5) is 13.2. The molecule has 64 valence electrons. The molecule has 0 aromatic rings. The Kier molecular flexibility index (Phi) is 2.18. The van der Waals surface area contributed by atoms with Crippen LogP contribution in [0, 0.1) is 0 Å². The Labute approximate surface area is 67.3 Å². The second kappa shape index (κ2) is 2.81. The van der Waals surface area contributed by atoms with Crippen molar-refractivity contribution in [1.29, 1.82) is 0 Å². The van der Waals surface area contributed by atoms with Crippen LogP contribution in [0.25, 0.3) is 0 Å². The second-order valence-corrected chi connectivity index (χ2v) is 3.44. The lowest BCUT2D eigenvalue weighted by Crippen LogP contribution is -2.42. The highest BCUT2D eigenvalue weighted by Gasteiger charge is 2.32. The number of carbonyl (C=O) groups excluding carboxylic acids is 1. The van der Waals surface area contributed by atoms with E-state index >= 15 is 0 Å². The average Bonchev–Trinajstić information content (AvgIpc) is 2.03. The quantitative estimate of drug-likeness (QED) is 0.516. The molecular weight excluding hydrogens is 142 g/mol. The van der Waals surface area contributed by atoms with E-state index in [0.717, 1.165) is 13.0 Å². The molecular formula is C8H15NO2. The highest BCUT2D eigenvalue weighted by molar-refractivity contribution is 5.84. The fraction of sp³-hybridized carbons (Fsp3) is 0.875. The predicted molar refractivity (Wildman–Crippen MR) is 42.3 cm³/mol. The van der Waals surface area contributed by atoms with Gasteiger partial charge in [0.05, 0.1) is 0 Å². The molecule has 0 spiro atoms. The van der Waals surface area contributed by atoms with E-state index in [1.54, 1.807) is 4.90 Å². The Morgan fingerprint density at radius 2 is 2.18 bits per heavy atom. The summed E-state index contributed by atoms with van der Waals surface area (Å²) in [6.07, 6.45) is 0.936. The molecule has 0 N–H and O–H groups in total. The van der Waals surface area contributed by atoms with Crippen LogP contribution in [0.2, 0.25) is 0 Å². The third-order valence-corrected chi connectivity index (χ3v) is 1.96. The monoisotopic (exact) mass is 157 g/mol. The number of hydrogen-bond donors (Lipinski definition) is 0. The van der Waals surface area contributed by atoms with Crippen molar-refractivity contribution < 1.29 is 9.53 Å². The molecule has 0 atom stereocenters. The van der Waals surface area contributed by atoms with Gasteiger partial charge in [-0.15, -0.1) is 0 Å². The van der Waals surface area contributed by atoms with Crippen molar-refractivity contribution in [2.75, 3.05) is 20.2 Å². The van der Waals surface area contributed by atoms with Crippen molar-refractivity contribution >= 4 is 5.91 Å². The van der Waals surface area contributed by atoms with Gasteiger partial charge in [0.2, 0.25) is 0 Å². The van der Waals surface area contributed by atoms with Crippen LogP contribution in [0.5, 0.6) is 0 Å². The average molecular weight is 157 g/mol. The number of rotatable bonds is 0. The minimum atomic E-state index is -0.620. The van der Waals surface area contributed by atoms with Crippen molar-refractivity contribution in [3.8, 4) is 0 Å². The van der Waals surface area contributed by atoms with Gasteiger partial charge in [-0.05, 0) is 20.3 Å². The molecule has 1 aliphatic rings. The van der Waals surface area contributed by atoms with Crippen LogP contribution in [0.4, 0.5) is 0 Å². The molecule has 1 amide bonds. The summed E-state index contributed by atoms with van der Waals surface area (Å²) in [5.74, 6) is 0.0787. The largest absolute Gasteiger partial charge is 0.366 e. The van der Waals surface area contributed by atoms with Crippen molar-refractivity contribution in [1.82, 2.24) is 4.90 Å². The molecule has 3 heteroatoms. The topological polar surface area (TPSA) is 29.5 Å². The van der Waals surface area contributed by atoms with Crippen LogP contribution >= 0.6 is 0 Å². The lowest BCUT2D eigenvalue weighted by atomic mass is 10.1. The Morgan fingerprint density at radius 3 is 2.82 bits per heavy atom. The molecule has 0 bridgehead atoms. The molecule has 3 nitrogen and oxygen atoms in total. The summed E-state index contributed by atoms with van der Waals surface area (Å²) in [7, 11) is 1.82. The summed E-state index contributed by atoms with van der Waals surface area (Å²) in [5.41, 5.74) is -0.620. The standard InChI is InChI=1S/C8H15NO2/c1-8(2)7(10)9(3)5-4-6-11-8/h4-6H2,1-3H3. The molecule has 1 heterocycles. The van der Waals surface area contributed by atoms with Gasteiger partial charge in [0.1, 0.15) is 5.60 Å². The van der Waals surface area contributed by atoms with Crippen LogP contribution < -0.4 is 0 Å². The van der Waals surface area contributed by atoms with Crippen molar-refractivity contribution in [2.45, 2.75) is 25.9 Å². The van der Waals surface area contributed by atoms with Crippen LogP contribution in [0.3, 0.4) is 0 Å². The zero-order valence-corrected chi connectivity index (χ0v) is 7.39. The van der Waals surface area contributed by atoms with Gasteiger partial charge in [-0.1, -0.05) is 0 Å². The first kappa shape index (κ1) is 8.53. The predicted octanol–water partition coefficient (Wildman–Crippen LogP) is 0.644. The van der Waals surface area contributed by atoms with Gasteiger partial charge in [-0.25, -0.2) is 0 Å². The van der Waals surface area contributed by atoms with Crippen LogP contribution in [0.1, 0.15) is 20.3 Å². The lowest BCUT2D eigenvalue weighted by molar-refractivity contribution is -0.148. The smallest absolute Gasteiger partial charge is 0.253 e. The maximum absolute atomic E-state index is 11.5. The number of amides is 1. The Hall–Kier alpha value is -0.570. The summed E-state index contributed by atoms with van der Waals surface area (Å²) >= 11 is 0. The van der Waals surface area contributed by atoms with E-state index in [1.807, 2.05) is 20.9 Å². The molecule has 1 fully saturated rings. The number of nitrogens with zero attached hydrogens (tertiary/aromatic N) is 1. The Morgan fingerprint density at radius 1 is 1.55 bits per heavy atom. The third-order valence-electron chi connectivity index (χ3n) is 1.96. The van der Waals surface area contributed by atoms with E-state index in [-0.39, 0.29) is 5.91 Å². The molecule has 0 radical (unpaired) electrons. The first-order chi connectivity index (χ1) is 5.04. The Bertz CT molecular complexity index is 165. The van der Waals surface area contributed by atoms with E-state index in [0.29, 0.717) is 6.61 Å². The maximum Gasteiger partial charge on any atom is 0.253 e. The molecule has 0 aromatic heterocycles. The van der Waals surface area contributed by atoms with Gasteiger partial charge >= 0.3 is 0 Å². The number of likely N-dealkylation sites (N-methyl/N-ethyl adjacent to an activating group) is 1. The van der Waals surface area contributed by atoms with E-state index in [1.165, 1.54) is 0 Å². The van der Waals surface area contributed by atoms with Crippen molar-refractivity contribution in [3.05, 3.63) is 0 Å². The van der Waals surface area contributed by atoms with E-state index in [9.17, 15) is 4.79 Å². The SMILES string of the molecule is CN1CCCOC(C)(C)C1=O. The maximum atomic E-state index is 11.5. The lowest BCUT2D eigenvalue weighted by Gasteiger charge is -2.24. The number of ether oxygens (including phenoxy) is 1.